The minimum Gasteiger partial charge on any atom is -0.467 e. The molecule has 19 heavy (non-hydrogen) atoms. The number of hydrogen-bond donors (Lipinski definition) is 1. The normalized spacial score (nSPS) is 28.8. The summed E-state index contributed by atoms with van der Waals surface area (Å²) in [4.78, 5) is 23.7. The summed E-state index contributed by atoms with van der Waals surface area (Å²) in [7, 11) is 1.34. The molecule has 0 aromatic rings. The summed E-state index contributed by atoms with van der Waals surface area (Å²) in [5, 5.41) is 2.79. The molecular weight excluding hydrogens is 242 g/mol. The predicted octanol–water partition coefficient (Wildman–Crippen LogP) is 2.37. The Bertz CT molecular complexity index is 327. The molecule has 4 heteroatoms. The number of ether oxygens (including phenoxy) is 1. The van der Waals surface area contributed by atoms with Crippen LogP contribution < -0.4 is 5.32 Å². The summed E-state index contributed by atoms with van der Waals surface area (Å²) in [6, 6.07) is -0.567. The first-order chi connectivity index (χ1) is 8.86. The maximum absolute atomic E-state index is 12.4. The molecule has 4 nitrogen and oxygen atoms in total. The van der Waals surface area contributed by atoms with E-state index in [-0.39, 0.29) is 11.8 Å². The fraction of sp³-hybridized carbons (Fsp3) is 0.867. The van der Waals surface area contributed by atoms with Crippen LogP contribution in [0.3, 0.4) is 0 Å². The zero-order valence-electron chi connectivity index (χ0n) is 12.7. The lowest BCUT2D eigenvalue weighted by molar-refractivity contribution is -0.145. The molecule has 1 aliphatic carbocycles. The van der Waals surface area contributed by atoms with Gasteiger partial charge in [-0.1, -0.05) is 27.2 Å². The highest BCUT2D eigenvalue weighted by Crippen LogP contribution is 2.38. The summed E-state index contributed by atoms with van der Waals surface area (Å²) < 4.78 is 4.64. The summed E-state index contributed by atoms with van der Waals surface area (Å²) in [6.07, 6.45) is 3.21. The van der Waals surface area contributed by atoms with Crippen LogP contribution in [0.1, 0.15) is 47.0 Å². The van der Waals surface area contributed by atoms with Gasteiger partial charge in [-0.15, -0.1) is 0 Å². The van der Waals surface area contributed by atoms with Gasteiger partial charge in [0, 0.05) is 5.92 Å². The first kappa shape index (κ1) is 16.0. The Labute approximate surface area is 116 Å². The molecule has 0 aromatic heterocycles. The zero-order chi connectivity index (χ0) is 14.6. The molecule has 1 fully saturated rings. The Kier molecular flexibility index (Phi) is 5.83. The Morgan fingerprint density at radius 3 is 2.37 bits per heavy atom. The Morgan fingerprint density at radius 2 is 1.84 bits per heavy atom. The molecule has 0 radical (unpaired) electrons. The van der Waals surface area contributed by atoms with Crippen LogP contribution in [-0.2, 0) is 14.3 Å². The van der Waals surface area contributed by atoms with Crippen molar-refractivity contribution in [2.24, 2.45) is 23.7 Å². The number of esters is 1. The molecule has 0 bridgehead atoms. The second-order valence-electron chi connectivity index (χ2n) is 6.19. The number of carbonyl (C=O) groups excluding carboxylic acids is 2. The predicted molar refractivity (Wildman–Crippen MR) is 74.5 cm³/mol. The molecule has 1 aliphatic rings. The highest BCUT2D eigenvalue weighted by atomic mass is 16.5. The molecule has 1 rings (SSSR count). The second kappa shape index (κ2) is 6.92. The van der Waals surface area contributed by atoms with Crippen LogP contribution >= 0.6 is 0 Å². The maximum atomic E-state index is 12.4. The lowest BCUT2D eigenvalue weighted by Gasteiger charge is -2.36. The van der Waals surface area contributed by atoms with E-state index in [1.807, 2.05) is 0 Å². The zero-order valence-corrected chi connectivity index (χ0v) is 12.7. The largest absolute Gasteiger partial charge is 0.467 e. The van der Waals surface area contributed by atoms with E-state index in [0.29, 0.717) is 17.8 Å². The van der Waals surface area contributed by atoms with Gasteiger partial charge in [0.1, 0.15) is 6.04 Å². The monoisotopic (exact) mass is 269 g/mol. The summed E-state index contributed by atoms with van der Waals surface area (Å²) in [6.45, 7) is 8.20. The third kappa shape index (κ3) is 4.22. The van der Waals surface area contributed by atoms with Crippen LogP contribution in [0.5, 0.6) is 0 Å². The van der Waals surface area contributed by atoms with Crippen LogP contribution in [0.2, 0.25) is 0 Å². The van der Waals surface area contributed by atoms with Crippen LogP contribution in [0.4, 0.5) is 0 Å². The number of rotatable bonds is 4. The van der Waals surface area contributed by atoms with E-state index in [2.05, 4.69) is 30.8 Å². The van der Waals surface area contributed by atoms with Crippen molar-refractivity contribution >= 4 is 11.9 Å². The van der Waals surface area contributed by atoms with Gasteiger partial charge in [-0.05, 0) is 37.5 Å². The van der Waals surface area contributed by atoms with E-state index in [9.17, 15) is 9.59 Å². The van der Waals surface area contributed by atoms with Crippen molar-refractivity contribution in [2.75, 3.05) is 7.11 Å². The van der Waals surface area contributed by atoms with Crippen molar-refractivity contribution in [1.82, 2.24) is 5.32 Å². The van der Waals surface area contributed by atoms with Crippen molar-refractivity contribution in [3.8, 4) is 0 Å². The van der Waals surface area contributed by atoms with Crippen LogP contribution in [0.15, 0.2) is 0 Å². The number of hydrogen-bond acceptors (Lipinski definition) is 3. The highest BCUT2D eigenvalue weighted by molar-refractivity contribution is 5.85. The minimum atomic E-state index is -0.567. The topological polar surface area (TPSA) is 55.4 Å². The average molecular weight is 269 g/mol. The van der Waals surface area contributed by atoms with E-state index in [4.69, 9.17) is 0 Å². The first-order valence-electron chi connectivity index (χ1n) is 7.25. The Balaban J connectivity index is 2.68. The lowest BCUT2D eigenvalue weighted by Crippen LogP contribution is -2.46. The quantitative estimate of drug-likeness (QED) is 0.797. The molecule has 0 heterocycles. The summed E-state index contributed by atoms with van der Waals surface area (Å²) in [5.74, 6) is 1.13. The van der Waals surface area contributed by atoms with Crippen molar-refractivity contribution in [3.05, 3.63) is 0 Å². The molecule has 1 saturated carbocycles. The van der Waals surface area contributed by atoms with Crippen molar-refractivity contribution in [2.45, 2.75) is 53.0 Å². The molecule has 3 unspecified atom stereocenters. The number of nitrogens with one attached hydrogen (secondary N) is 1. The fourth-order valence-electron chi connectivity index (χ4n) is 3.06. The van der Waals surface area contributed by atoms with Gasteiger partial charge in [-0.2, -0.15) is 0 Å². The van der Waals surface area contributed by atoms with Gasteiger partial charge in [-0.3, -0.25) is 4.79 Å². The van der Waals surface area contributed by atoms with Crippen molar-refractivity contribution in [3.63, 3.8) is 0 Å². The van der Waals surface area contributed by atoms with Crippen LogP contribution in [0, 0.1) is 23.7 Å². The SMILES string of the molecule is COC(=O)[C@H](C)NC(=O)C1CC(C)CCC1C(C)C. The van der Waals surface area contributed by atoms with Crippen molar-refractivity contribution < 1.29 is 14.3 Å². The van der Waals surface area contributed by atoms with Gasteiger partial charge in [-0.25, -0.2) is 4.79 Å². The number of amides is 1. The van der Waals surface area contributed by atoms with Gasteiger partial charge < -0.3 is 10.1 Å². The van der Waals surface area contributed by atoms with Gasteiger partial charge in [0.05, 0.1) is 7.11 Å². The fourth-order valence-corrected chi connectivity index (χ4v) is 3.06. The lowest BCUT2D eigenvalue weighted by atomic mass is 9.69. The number of carbonyl (C=O) groups is 2. The Morgan fingerprint density at radius 1 is 1.21 bits per heavy atom. The van der Waals surface area contributed by atoms with Gasteiger partial charge >= 0.3 is 5.97 Å². The highest BCUT2D eigenvalue weighted by Gasteiger charge is 2.36. The standard InChI is InChI=1S/C15H27NO3/c1-9(2)12-7-6-10(3)8-13(12)14(17)16-11(4)15(18)19-5/h9-13H,6-8H2,1-5H3,(H,16,17)/t10?,11-,12?,13?/m0/s1. The van der Waals surface area contributed by atoms with E-state index in [1.165, 1.54) is 13.5 Å². The van der Waals surface area contributed by atoms with E-state index in [1.54, 1.807) is 6.92 Å². The molecule has 0 aromatic carbocycles. The summed E-state index contributed by atoms with van der Waals surface area (Å²) >= 11 is 0. The van der Waals surface area contributed by atoms with E-state index in [0.717, 1.165) is 12.8 Å². The van der Waals surface area contributed by atoms with Gasteiger partial charge in [0.25, 0.3) is 0 Å². The molecule has 0 saturated heterocycles. The molecule has 1 N–H and O–H groups in total. The maximum Gasteiger partial charge on any atom is 0.328 e. The molecule has 0 spiro atoms. The third-order valence-corrected chi connectivity index (χ3v) is 4.27. The first-order valence-corrected chi connectivity index (χ1v) is 7.25. The minimum absolute atomic E-state index is 0.00292. The van der Waals surface area contributed by atoms with Crippen molar-refractivity contribution in [1.29, 1.82) is 0 Å². The van der Waals surface area contributed by atoms with Crippen LogP contribution in [0.25, 0.3) is 0 Å². The Hall–Kier alpha value is -1.06. The van der Waals surface area contributed by atoms with Gasteiger partial charge in [0.15, 0.2) is 0 Å². The molecular formula is C15H27NO3. The molecule has 4 atom stereocenters. The second-order valence-corrected chi connectivity index (χ2v) is 6.19. The smallest absolute Gasteiger partial charge is 0.328 e. The number of methoxy groups -OCH3 is 1. The molecule has 110 valence electrons. The molecule has 1 amide bonds. The van der Waals surface area contributed by atoms with Gasteiger partial charge in [0.2, 0.25) is 5.91 Å². The summed E-state index contributed by atoms with van der Waals surface area (Å²) in [5.41, 5.74) is 0. The third-order valence-electron chi connectivity index (χ3n) is 4.27. The van der Waals surface area contributed by atoms with Crippen LogP contribution in [-0.4, -0.2) is 25.0 Å². The van der Waals surface area contributed by atoms with E-state index < -0.39 is 12.0 Å². The molecule has 0 aliphatic heterocycles. The average Bonchev–Trinajstić information content (AvgIpc) is 2.36. The van der Waals surface area contributed by atoms with E-state index >= 15 is 0 Å².